The Kier molecular flexibility index (Phi) is 13.4. The summed E-state index contributed by atoms with van der Waals surface area (Å²) in [4.78, 5) is 20.6. The van der Waals surface area contributed by atoms with E-state index < -0.39 is 11.7 Å². The number of carbonyl (C=O) groups is 1. The number of carbonyl (C=O) groups excluding carboxylic acids is 1. The molecule has 0 saturated heterocycles. The molecule has 7 nitrogen and oxygen atoms in total. The molecule has 1 aromatic rings. The summed E-state index contributed by atoms with van der Waals surface area (Å²) in [6.07, 6.45) is 2.71. The maximum atomic E-state index is 11.6. The average molecular weight is 511 g/mol. The van der Waals surface area contributed by atoms with Crippen LogP contribution in [0.25, 0.3) is 0 Å². The first kappa shape index (κ1) is 25.9. The number of guanidine groups is 1. The number of nitrogens with zero attached hydrogens (tertiary/aromatic N) is 2. The van der Waals surface area contributed by atoms with Crippen LogP contribution in [0.4, 0.5) is 4.79 Å². The van der Waals surface area contributed by atoms with Crippen molar-refractivity contribution in [2.24, 2.45) is 4.99 Å². The predicted octanol–water partition coefficient (Wildman–Crippen LogP) is 3.47. The van der Waals surface area contributed by atoms with Crippen molar-refractivity contribution < 1.29 is 9.53 Å². The van der Waals surface area contributed by atoms with E-state index in [0.29, 0.717) is 13.1 Å². The molecular formula is C18H34IN5O2S. The van der Waals surface area contributed by atoms with Gasteiger partial charge in [-0.15, -0.1) is 35.3 Å². The molecule has 0 aliphatic rings. The quantitative estimate of drug-likeness (QED) is 0.205. The number of aromatic nitrogens is 1. The van der Waals surface area contributed by atoms with E-state index in [4.69, 9.17) is 4.74 Å². The number of alkyl carbamates (subject to hydrolysis) is 1. The molecule has 9 heteroatoms. The Hall–Kier alpha value is -1.10. The smallest absolute Gasteiger partial charge is 0.407 e. The molecule has 0 aromatic carbocycles. The maximum absolute atomic E-state index is 11.6. The molecule has 0 atom stereocenters. The van der Waals surface area contributed by atoms with Crippen LogP contribution in [0.3, 0.4) is 0 Å². The Morgan fingerprint density at radius 3 is 2.52 bits per heavy atom. The van der Waals surface area contributed by atoms with E-state index in [9.17, 15) is 4.79 Å². The van der Waals surface area contributed by atoms with Gasteiger partial charge in [0.2, 0.25) is 0 Å². The molecule has 156 valence electrons. The molecule has 0 spiro atoms. The van der Waals surface area contributed by atoms with Gasteiger partial charge >= 0.3 is 6.09 Å². The molecule has 0 fully saturated rings. The van der Waals surface area contributed by atoms with E-state index in [1.165, 1.54) is 5.01 Å². The highest BCUT2D eigenvalue weighted by Gasteiger charge is 2.15. The van der Waals surface area contributed by atoms with E-state index in [1.54, 1.807) is 11.3 Å². The molecule has 1 rings (SSSR count). The second-order valence-corrected chi connectivity index (χ2v) is 7.90. The number of nitrogens with one attached hydrogen (secondary N) is 3. The second-order valence-electron chi connectivity index (χ2n) is 6.96. The first-order valence-corrected chi connectivity index (χ1v) is 10.1. The number of ether oxygens (including phenoxy) is 1. The zero-order chi connectivity index (χ0) is 19.4. The largest absolute Gasteiger partial charge is 0.444 e. The van der Waals surface area contributed by atoms with E-state index in [0.717, 1.165) is 44.0 Å². The standard InChI is InChI=1S/C18H33N5O2S.HI/c1-6-19-16(21-11-12-22-17(24)25-18(3,4)5)20-10-8-7-9-15-23-14(2)13-26-15;/h13H,6-12H2,1-5H3,(H,22,24)(H2,19,20,21);1H. The van der Waals surface area contributed by atoms with Gasteiger partial charge in [-0.3, -0.25) is 4.99 Å². The summed E-state index contributed by atoms with van der Waals surface area (Å²) in [5, 5.41) is 12.4. The highest BCUT2D eigenvalue weighted by Crippen LogP contribution is 2.11. The molecular weight excluding hydrogens is 477 g/mol. The molecule has 1 aromatic heterocycles. The van der Waals surface area contributed by atoms with Crippen LogP contribution in [0, 0.1) is 6.92 Å². The van der Waals surface area contributed by atoms with Gasteiger partial charge in [-0.1, -0.05) is 0 Å². The molecule has 0 aliphatic carbocycles. The summed E-state index contributed by atoms with van der Waals surface area (Å²) in [5.41, 5.74) is 0.618. The number of halogens is 1. The Morgan fingerprint density at radius 1 is 1.22 bits per heavy atom. The van der Waals surface area contributed by atoms with Gasteiger partial charge in [-0.2, -0.15) is 0 Å². The van der Waals surface area contributed by atoms with Crippen molar-refractivity contribution in [2.45, 2.75) is 59.5 Å². The Labute approximate surface area is 184 Å². The van der Waals surface area contributed by atoms with Gasteiger partial charge in [0.25, 0.3) is 0 Å². The fourth-order valence-electron chi connectivity index (χ4n) is 2.10. The van der Waals surface area contributed by atoms with Gasteiger partial charge in [0.05, 0.1) is 5.01 Å². The van der Waals surface area contributed by atoms with Crippen LogP contribution in [0.2, 0.25) is 0 Å². The third-order valence-corrected chi connectivity index (χ3v) is 4.19. The van der Waals surface area contributed by atoms with Crippen LogP contribution in [0.15, 0.2) is 10.4 Å². The Balaban J connectivity index is 0.00000676. The first-order chi connectivity index (χ1) is 12.3. The summed E-state index contributed by atoms with van der Waals surface area (Å²) in [6.45, 7) is 12.2. The fraction of sp³-hybridized carbons (Fsp3) is 0.722. The number of rotatable bonds is 9. The predicted molar refractivity (Wildman–Crippen MR) is 123 cm³/mol. The highest BCUT2D eigenvalue weighted by atomic mass is 127. The second kappa shape index (κ2) is 14.0. The van der Waals surface area contributed by atoms with Crippen molar-refractivity contribution in [1.29, 1.82) is 0 Å². The molecule has 0 unspecified atom stereocenters. The molecule has 0 bridgehead atoms. The van der Waals surface area contributed by atoms with Gasteiger partial charge < -0.3 is 20.7 Å². The lowest BCUT2D eigenvalue weighted by molar-refractivity contribution is 0.0529. The fourth-order valence-corrected chi connectivity index (χ4v) is 2.92. The average Bonchev–Trinajstić information content (AvgIpc) is 2.94. The number of amides is 1. The molecule has 0 radical (unpaired) electrons. The first-order valence-electron chi connectivity index (χ1n) is 9.20. The van der Waals surface area contributed by atoms with Gasteiger partial charge in [0.1, 0.15) is 5.60 Å². The van der Waals surface area contributed by atoms with Crippen LogP contribution >= 0.6 is 35.3 Å². The Bertz CT molecular complexity index is 572. The SMILES string of the molecule is CCNC(=NCCCCc1nc(C)cs1)NCCNC(=O)OC(C)(C)C.I. The summed E-state index contributed by atoms with van der Waals surface area (Å²) in [5.74, 6) is 0.767. The lowest BCUT2D eigenvalue weighted by atomic mass is 10.2. The van der Waals surface area contributed by atoms with Crippen molar-refractivity contribution in [1.82, 2.24) is 20.9 Å². The van der Waals surface area contributed by atoms with Crippen molar-refractivity contribution in [2.75, 3.05) is 26.2 Å². The van der Waals surface area contributed by atoms with Crippen LogP contribution < -0.4 is 16.0 Å². The van der Waals surface area contributed by atoms with Gasteiger partial charge in [-0.05, 0) is 53.9 Å². The van der Waals surface area contributed by atoms with Crippen molar-refractivity contribution in [3.63, 3.8) is 0 Å². The van der Waals surface area contributed by atoms with E-state index in [-0.39, 0.29) is 24.0 Å². The van der Waals surface area contributed by atoms with Crippen molar-refractivity contribution in [3.8, 4) is 0 Å². The number of aryl methyl sites for hydroxylation is 2. The third-order valence-electron chi connectivity index (χ3n) is 3.17. The van der Waals surface area contributed by atoms with Gasteiger partial charge in [0.15, 0.2) is 5.96 Å². The molecule has 0 saturated carbocycles. The maximum Gasteiger partial charge on any atom is 0.407 e. The normalized spacial score (nSPS) is 11.5. The van der Waals surface area contributed by atoms with Gasteiger partial charge in [-0.25, -0.2) is 9.78 Å². The lowest BCUT2D eigenvalue weighted by Gasteiger charge is -2.19. The third kappa shape index (κ3) is 13.7. The number of hydrogen-bond donors (Lipinski definition) is 3. The summed E-state index contributed by atoms with van der Waals surface area (Å²) >= 11 is 1.72. The number of thiazole rings is 1. The molecule has 1 amide bonds. The van der Waals surface area contributed by atoms with Crippen molar-refractivity contribution in [3.05, 3.63) is 16.1 Å². The number of unbranched alkanes of at least 4 members (excludes halogenated alkanes) is 1. The van der Waals surface area contributed by atoms with E-state index >= 15 is 0 Å². The van der Waals surface area contributed by atoms with Gasteiger partial charge in [0, 0.05) is 37.3 Å². The van der Waals surface area contributed by atoms with Crippen LogP contribution in [-0.4, -0.2) is 48.8 Å². The Morgan fingerprint density at radius 2 is 1.93 bits per heavy atom. The van der Waals surface area contributed by atoms with Crippen LogP contribution in [-0.2, 0) is 11.2 Å². The minimum absolute atomic E-state index is 0. The van der Waals surface area contributed by atoms with Crippen molar-refractivity contribution >= 4 is 47.4 Å². The number of hydrogen-bond acceptors (Lipinski definition) is 5. The number of aliphatic imine (C=N–C) groups is 1. The van der Waals surface area contributed by atoms with Crippen LogP contribution in [0.1, 0.15) is 51.2 Å². The molecule has 27 heavy (non-hydrogen) atoms. The summed E-state index contributed by atoms with van der Waals surface area (Å²) in [6, 6.07) is 0. The topological polar surface area (TPSA) is 87.6 Å². The van der Waals surface area contributed by atoms with E-state index in [2.05, 4.69) is 31.3 Å². The highest BCUT2D eigenvalue weighted by molar-refractivity contribution is 14.0. The monoisotopic (exact) mass is 511 g/mol. The lowest BCUT2D eigenvalue weighted by Crippen LogP contribution is -2.42. The minimum atomic E-state index is -0.481. The zero-order valence-electron chi connectivity index (χ0n) is 17.1. The molecule has 0 aliphatic heterocycles. The summed E-state index contributed by atoms with van der Waals surface area (Å²) in [7, 11) is 0. The van der Waals surface area contributed by atoms with E-state index in [1.807, 2.05) is 34.6 Å². The molecule has 3 N–H and O–H groups in total. The summed E-state index contributed by atoms with van der Waals surface area (Å²) < 4.78 is 5.19. The van der Waals surface area contributed by atoms with Crippen LogP contribution in [0.5, 0.6) is 0 Å². The zero-order valence-corrected chi connectivity index (χ0v) is 20.2. The molecule has 1 heterocycles. The minimum Gasteiger partial charge on any atom is -0.444 e.